The Morgan fingerprint density at radius 1 is 1.07 bits per heavy atom. The van der Waals surface area contributed by atoms with Crippen LogP contribution in [0.3, 0.4) is 0 Å². The second-order valence-corrected chi connectivity index (χ2v) is 8.14. The van der Waals surface area contributed by atoms with E-state index in [1.54, 1.807) is 25.1 Å². The van der Waals surface area contributed by atoms with Crippen LogP contribution in [-0.4, -0.2) is 35.9 Å². The monoisotopic (exact) mass is 450 g/mol. The first kappa shape index (κ1) is 24.0. The fourth-order valence-corrected chi connectivity index (χ4v) is 3.37. The molecule has 2 rings (SSSR count). The van der Waals surface area contributed by atoms with Crippen LogP contribution in [0, 0.1) is 0 Å². The van der Waals surface area contributed by atoms with E-state index in [4.69, 9.17) is 27.9 Å². The van der Waals surface area contributed by atoms with Crippen LogP contribution in [0.4, 0.5) is 0 Å². The maximum absolute atomic E-state index is 13.1. The molecule has 2 aromatic rings. The van der Waals surface area contributed by atoms with E-state index in [0.717, 1.165) is 11.1 Å². The molecule has 0 bridgehead atoms. The van der Waals surface area contributed by atoms with Crippen molar-refractivity contribution in [3.63, 3.8) is 0 Å². The van der Waals surface area contributed by atoms with Gasteiger partial charge >= 0.3 is 0 Å². The van der Waals surface area contributed by atoms with Crippen molar-refractivity contribution < 1.29 is 14.3 Å². The van der Waals surface area contributed by atoms with Crippen LogP contribution in [0.5, 0.6) is 5.75 Å². The number of halogens is 2. The summed E-state index contributed by atoms with van der Waals surface area (Å²) in [6.45, 7) is 8.19. The molecule has 0 aliphatic heterocycles. The number of rotatable bonds is 9. The summed E-state index contributed by atoms with van der Waals surface area (Å²) in [6, 6.07) is 12.1. The third-order valence-electron chi connectivity index (χ3n) is 4.75. The molecular formula is C23H28Cl2N2O3. The SMILES string of the molecule is CCNC(=O)C(C)N(Cc1ccc(Cl)c(Cl)c1)C(=O)COc1ccccc1C(C)C. The van der Waals surface area contributed by atoms with Crippen molar-refractivity contribution in [2.45, 2.75) is 46.2 Å². The molecule has 0 radical (unpaired) electrons. The topological polar surface area (TPSA) is 58.6 Å². The predicted molar refractivity (Wildman–Crippen MR) is 121 cm³/mol. The van der Waals surface area contributed by atoms with Gasteiger partial charge in [-0.15, -0.1) is 0 Å². The van der Waals surface area contributed by atoms with Crippen molar-refractivity contribution in [3.8, 4) is 5.75 Å². The maximum Gasteiger partial charge on any atom is 0.261 e. The van der Waals surface area contributed by atoms with E-state index in [1.165, 1.54) is 4.90 Å². The Balaban J connectivity index is 2.21. The first-order valence-electron chi connectivity index (χ1n) is 9.97. The van der Waals surface area contributed by atoms with Crippen LogP contribution >= 0.6 is 23.2 Å². The van der Waals surface area contributed by atoms with Gasteiger partial charge in [0.2, 0.25) is 5.91 Å². The minimum atomic E-state index is -0.671. The molecule has 162 valence electrons. The second kappa shape index (κ2) is 11.2. The van der Waals surface area contributed by atoms with Crippen molar-refractivity contribution in [2.75, 3.05) is 13.2 Å². The lowest BCUT2D eigenvalue weighted by Gasteiger charge is -2.29. The molecule has 2 aromatic carbocycles. The van der Waals surface area contributed by atoms with Crippen LogP contribution < -0.4 is 10.1 Å². The Morgan fingerprint density at radius 3 is 2.40 bits per heavy atom. The number of nitrogens with zero attached hydrogens (tertiary/aromatic N) is 1. The van der Waals surface area contributed by atoms with Crippen molar-refractivity contribution in [2.24, 2.45) is 0 Å². The predicted octanol–water partition coefficient (Wildman–Crippen LogP) is 5.05. The number of carbonyl (C=O) groups excluding carboxylic acids is 2. The van der Waals surface area contributed by atoms with Crippen molar-refractivity contribution in [1.82, 2.24) is 10.2 Å². The number of carbonyl (C=O) groups is 2. The molecule has 0 spiro atoms. The van der Waals surface area contributed by atoms with Crippen molar-refractivity contribution in [3.05, 3.63) is 63.6 Å². The second-order valence-electron chi connectivity index (χ2n) is 7.32. The van der Waals surface area contributed by atoms with E-state index < -0.39 is 6.04 Å². The lowest BCUT2D eigenvalue weighted by atomic mass is 10.0. The molecule has 30 heavy (non-hydrogen) atoms. The average molecular weight is 451 g/mol. The third-order valence-corrected chi connectivity index (χ3v) is 5.49. The number of nitrogens with one attached hydrogen (secondary N) is 1. The molecule has 1 N–H and O–H groups in total. The van der Waals surface area contributed by atoms with E-state index in [2.05, 4.69) is 19.2 Å². The maximum atomic E-state index is 13.1. The van der Waals surface area contributed by atoms with Gasteiger partial charge in [0.15, 0.2) is 6.61 Å². The Morgan fingerprint density at radius 2 is 1.77 bits per heavy atom. The fraction of sp³-hybridized carbons (Fsp3) is 0.391. The van der Waals surface area contributed by atoms with Gasteiger partial charge in [0.25, 0.3) is 5.91 Å². The number of likely N-dealkylation sites (N-methyl/N-ethyl adjacent to an activating group) is 1. The summed E-state index contributed by atoms with van der Waals surface area (Å²) in [5, 5.41) is 3.60. The van der Waals surface area contributed by atoms with Gasteiger partial charge in [-0.1, -0.05) is 61.3 Å². The van der Waals surface area contributed by atoms with Crippen LogP contribution in [0.2, 0.25) is 10.0 Å². The van der Waals surface area contributed by atoms with Crippen LogP contribution in [0.25, 0.3) is 0 Å². The van der Waals surface area contributed by atoms with Gasteiger partial charge in [0, 0.05) is 13.1 Å². The number of para-hydroxylation sites is 1. The number of hydrogen-bond donors (Lipinski definition) is 1. The largest absolute Gasteiger partial charge is 0.483 e. The summed E-state index contributed by atoms with van der Waals surface area (Å²) in [5.74, 6) is 0.408. The molecular weight excluding hydrogens is 423 g/mol. The summed E-state index contributed by atoms with van der Waals surface area (Å²) in [4.78, 5) is 27.0. The summed E-state index contributed by atoms with van der Waals surface area (Å²) >= 11 is 12.1. The Kier molecular flexibility index (Phi) is 9.00. The molecule has 7 heteroatoms. The fourth-order valence-electron chi connectivity index (χ4n) is 3.05. The quantitative estimate of drug-likeness (QED) is 0.581. The Bertz CT molecular complexity index is 887. The smallest absolute Gasteiger partial charge is 0.261 e. The van der Waals surface area contributed by atoms with Gasteiger partial charge in [-0.2, -0.15) is 0 Å². The molecule has 1 atom stereocenters. The van der Waals surface area contributed by atoms with Gasteiger partial charge in [-0.3, -0.25) is 9.59 Å². The molecule has 2 amide bonds. The van der Waals surface area contributed by atoms with E-state index in [-0.39, 0.29) is 30.9 Å². The third kappa shape index (κ3) is 6.38. The summed E-state index contributed by atoms with van der Waals surface area (Å²) in [6.07, 6.45) is 0. The minimum absolute atomic E-state index is 0.172. The van der Waals surface area contributed by atoms with E-state index >= 15 is 0 Å². The molecule has 1 unspecified atom stereocenters. The van der Waals surface area contributed by atoms with Gasteiger partial charge in [0.1, 0.15) is 11.8 Å². The summed E-state index contributed by atoms with van der Waals surface area (Å²) in [5.41, 5.74) is 1.80. The number of amides is 2. The van der Waals surface area contributed by atoms with Crippen LogP contribution in [-0.2, 0) is 16.1 Å². The standard InChI is InChI=1S/C23H28Cl2N2O3/c1-5-26-23(29)16(4)27(13-17-10-11-19(24)20(25)12-17)22(28)14-30-21-9-7-6-8-18(21)15(2)3/h6-12,15-16H,5,13-14H2,1-4H3,(H,26,29). The highest BCUT2D eigenvalue weighted by Crippen LogP contribution is 2.26. The highest BCUT2D eigenvalue weighted by molar-refractivity contribution is 6.42. The van der Waals surface area contributed by atoms with Gasteiger partial charge in [-0.25, -0.2) is 0 Å². The van der Waals surface area contributed by atoms with E-state index in [0.29, 0.717) is 22.3 Å². The minimum Gasteiger partial charge on any atom is -0.483 e. The zero-order chi connectivity index (χ0) is 22.3. The van der Waals surface area contributed by atoms with Gasteiger partial charge < -0.3 is 15.0 Å². The normalized spacial score (nSPS) is 11.8. The number of ether oxygens (including phenoxy) is 1. The average Bonchev–Trinajstić information content (AvgIpc) is 2.72. The first-order valence-corrected chi connectivity index (χ1v) is 10.7. The highest BCUT2D eigenvalue weighted by atomic mass is 35.5. The van der Waals surface area contributed by atoms with Crippen molar-refractivity contribution >= 4 is 35.0 Å². The molecule has 0 saturated heterocycles. The van der Waals surface area contributed by atoms with Crippen LogP contribution in [0.15, 0.2) is 42.5 Å². The molecule has 0 saturated carbocycles. The van der Waals surface area contributed by atoms with E-state index in [1.807, 2.05) is 31.2 Å². The lowest BCUT2D eigenvalue weighted by molar-refractivity contribution is -0.142. The van der Waals surface area contributed by atoms with Gasteiger partial charge in [0.05, 0.1) is 10.0 Å². The summed E-state index contributed by atoms with van der Waals surface area (Å²) in [7, 11) is 0. The lowest BCUT2D eigenvalue weighted by Crippen LogP contribution is -2.49. The number of hydrogen-bond acceptors (Lipinski definition) is 3. The molecule has 0 fully saturated rings. The van der Waals surface area contributed by atoms with E-state index in [9.17, 15) is 9.59 Å². The zero-order valence-corrected chi connectivity index (χ0v) is 19.3. The van der Waals surface area contributed by atoms with Crippen molar-refractivity contribution in [1.29, 1.82) is 0 Å². The number of benzene rings is 2. The highest BCUT2D eigenvalue weighted by Gasteiger charge is 2.26. The zero-order valence-electron chi connectivity index (χ0n) is 17.7. The molecule has 0 aliphatic rings. The summed E-state index contributed by atoms with van der Waals surface area (Å²) < 4.78 is 5.84. The van der Waals surface area contributed by atoms with Crippen LogP contribution in [0.1, 0.15) is 44.7 Å². The molecule has 0 aliphatic carbocycles. The Hall–Kier alpha value is -2.24. The van der Waals surface area contributed by atoms with Gasteiger partial charge in [-0.05, 0) is 49.1 Å². The Labute approximate surface area is 188 Å². The molecule has 0 heterocycles. The molecule has 0 aromatic heterocycles. The first-order chi connectivity index (χ1) is 14.2. The molecule has 5 nitrogen and oxygen atoms in total.